The number of hydrogen-bond acceptors (Lipinski definition) is 4. The first-order chi connectivity index (χ1) is 6.66. The second-order valence-electron chi connectivity index (χ2n) is 2.84. The Bertz CT molecular complexity index is 302. The average molecular weight is 195 g/mol. The molecule has 1 aromatic heterocycles. The van der Waals surface area contributed by atoms with Gasteiger partial charge in [-0.25, -0.2) is 4.98 Å². The van der Waals surface area contributed by atoms with Crippen LogP contribution in [0.2, 0.25) is 0 Å². The molecule has 0 aliphatic carbocycles. The molecule has 0 spiro atoms. The van der Waals surface area contributed by atoms with E-state index in [-0.39, 0.29) is 6.54 Å². The van der Waals surface area contributed by atoms with E-state index >= 15 is 0 Å². The van der Waals surface area contributed by atoms with Crippen molar-refractivity contribution < 1.29 is 9.90 Å². The van der Waals surface area contributed by atoms with E-state index in [0.29, 0.717) is 5.82 Å². The van der Waals surface area contributed by atoms with Crippen molar-refractivity contribution >= 4 is 11.7 Å². The number of likely N-dealkylation sites (N-methyl/N-ethyl adjacent to an activating group) is 1. The number of nitrogens with two attached hydrogens (primary N) is 1. The van der Waals surface area contributed by atoms with Crippen molar-refractivity contribution in [1.82, 2.24) is 4.98 Å². The maximum Gasteiger partial charge on any atom is 0.258 e. The molecule has 14 heavy (non-hydrogen) atoms. The number of amides is 1. The van der Waals surface area contributed by atoms with E-state index in [4.69, 9.17) is 5.73 Å². The van der Waals surface area contributed by atoms with Crippen LogP contribution in [-0.2, 0) is 4.79 Å². The zero-order chi connectivity index (χ0) is 10.6. The third-order valence-corrected chi connectivity index (χ3v) is 1.83. The second kappa shape index (κ2) is 4.69. The van der Waals surface area contributed by atoms with Gasteiger partial charge in [-0.15, -0.1) is 0 Å². The van der Waals surface area contributed by atoms with Gasteiger partial charge in [0.15, 0.2) is 0 Å². The van der Waals surface area contributed by atoms with E-state index < -0.39 is 12.0 Å². The third-order valence-electron chi connectivity index (χ3n) is 1.83. The fraction of sp³-hybridized carbons (Fsp3) is 0.333. The molecule has 0 aliphatic heterocycles. The van der Waals surface area contributed by atoms with Gasteiger partial charge in [0, 0.05) is 19.8 Å². The molecule has 1 atom stereocenters. The summed E-state index contributed by atoms with van der Waals surface area (Å²) >= 11 is 0. The van der Waals surface area contributed by atoms with E-state index in [1.165, 1.54) is 4.90 Å². The molecule has 1 aromatic rings. The summed E-state index contributed by atoms with van der Waals surface area (Å²) in [6.45, 7) is -0.0873. The zero-order valence-electron chi connectivity index (χ0n) is 7.92. The highest BCUT2D eigenvalue weighted by Crippen LogP contribution is 2.07. The van der Waals surface area contributed by atoms with Crippen LogP contribution >= 0.6 is 0 Å². The molecule has 1 heterocycles. The smallest absolute Gasteiger partial charge is 0.258 e. The Hall–Kier alpha value is -1.46. The highest BCUT2D eigenvalue weighted by atomic mass is 16.3. The summed E-state index contributed by atoms with van der Waals surface area (Å²) in [7, 11) is 1.55. The van der Waals surface area contributed by atoms with Crippen molar-refractivity contribution in [2.75, 3.05) is 18.5 Å². The van der Waals surface area contributed by atoms with Crippen molar-refractivity contribution in [3.8, 4) is 0 Å². The fourth-order valence-electron chi connectivity index (χ4n) is 0.989. The lowest BCUT2D eigenvalue weighted by Crippen LogP contribution is -2.40. The van der Waals surface area contributed by atoms with E-state index in [2.05, 4.69) is 4.98 Å². The van der Waals surface area contributed by atoms with Crippen LogP contribution in [0.15, 0.2) is 24.4 Å². The van der Waals surface area contributed by atoms with Gasteiger partial charge in [-0.05, 0) is 12.1 Å². The van der Waals surface area contributed by atoms with Crippen molar-refractivity contribution in [2.24, 2.45) is 5.73 Å². The van der Waals surface area contributed by atoms with Crippen LogP contribution in [0, 0.1) is 0 Å². The molecule has 76 valence electrons. The SMILES string of the molecule is CN(C(=O)C(O)CN)c1ccccn1. The molecule has 1 amide bonds. The summed E-state index contributed by atoms with van der Waals surface area (Å²) in [5, 5.41) is 9.21. The molecule has 5 nitrogen and oxygen atoms in total. The lowest BCUT2D eigenvalue weighted by Gasteiger charge is -2.18. The standard InChI is InChI=1S/C9H13N3O2/c1-12(9(14)7(13)6-10)8-4-2-3-5-11-8/h2-5,7,13H,6,10H2,1H3. The first kappa shape index (κ1) is 10.6. The molecule has 0 radical (unpaired) electrons. The first-order valence-electron chi connectivity index (χ1n) is 4.23. The van der Waals surface area contributed by atoms with E-state index in [9.17, 15) is 9.90 Å². The number of aliphatic hydroxyl groups excluding tert-OH is 1. The summed E-state index contributed by atoms with van der Waals surface area (Å²) in [6.07, 6.45) is 0.413. The van der Waals surface area contributed by atoms with Gasteiger partial charge in [0.05, 0.1) is 0 Å². The monoisotopic (exact) mass is 195 g/mol. The number of pyridine rings is 1. The van der Waals surface area contributed by atoms with Crippen LogP contribution in [0.25, 0.3) is 0 Å². The molecule has 1 unspecified atom stereocenters. The summed E-state index contributed by atoms with van der Waals surface area (Å²) < 4.78 is 0. The number of rotatable bonds is 3. The zero-order valence-corrected chi connectivity index (χ0v) is 7.92. The van der Waals surface area contributed by atoms with Crippen molar-refractivity contribution in [3.05, 3.63) is 24.4 Å². The molecule has 0 bridgehead atoms. The van der Waals surface area contributed by atoms with E-state index in [0.717, 1.165) is 0 Å². The molecule has 0 saturated carbocycles. The van der Waals surface area contributed by atoms with Crippen molar-refractivity contribution in [1.29, 1.82) is 0 Å². The summed E-state index contributed by atoms with van der Waals surface area (Å²) in [4.78, 5) is 16.7. The Morgan fingerprint density at radius 2 is 2.43 bits per heavy atom. The van der Waals surface area contributed by atoms with Gasteiger partial charge in [0.1, 0.15) is 11.9 Å². The number of carbonyl (C=O) groups excluding carboxylic acids is 1. The number of nitrogens with zero attached hydrogens (tertiary/aromatic N) is 2. The topological polar surface area (TPSA) is 79.5 Å². The van der Waals surface area contributed by atoms with Crippen LogP contribution in [0.1, 0.15) is 0 Å². The minimum absolute atomic E-state index is 0.0873. The van der Waals surface area contributed by atoms with Crippen LogP contribution in [-0.4, -0.2) is 35.7 Å². The largest absolute Gasteiger partial charge is 0.382 e. The minimum atomic E-state index is -1.16. The van der Waals surface area contributed by atoms with Gasteiger partial charge in [-0.1, -0.05) is 6.07 Å². The van der Waals surface area contributed by atoms with Gasteiger partial charge in [-0.3, -0.25) is 9.69 Å². The Morgan fingerprint density at radius 1 is 1.71 bits per heavy atom. The first-order valence-corrected chi connectivity index (χ1v) is 4.23. The Morgan fingerprint density at radius 3 is 2.93 bits per heavy atom. The highest BCUT2D eigenvalue weighted by Gasteiger charge is 2.19. The molecular formula is C9H13N3O2. The van der Waals surface area contributed by atoms with Gasteiger partial charge >= 0.3 is 0 Å². The molecule has 5 heteroatoms. The summed E-state index contributed by atoms with van der Waals surface area (Å²) in [5.74, 6) is 0.0381. The maximum atomic E-state index is 11.4. The lowest BCUT2D eigenvalue weighted by atomic mass is 10.3. The quantitative estimate of drug-likeness (QED) is 0.672. The maximum absolute atomic E-state index is 11.4. The van der Waals surface area contributed by atoms with Crippen LogP contribution in [0.4, 0.5) is 5.82 Å². The number of aromatic nitrogens is 1. The molecule has 0 aromatic carbocycles. The Labute approximate surface area is 82.2 Å². The van der Waals surface area contributed by atoms with Crippen LogP contribution < -0.4 is 10.6 Å². The Balaban J connectivity index is 2.76. The fourth-order valence-corrected chi connectivity index (χ4v) is 0.989. The van der Waals surface area contributed by atoms with E-state index in [1.54, 1.807) is 31.4 Å². The average Bonchev–Trinajstić information content (AvgIpc) is 2.27. The van der Waals surface area contributed by atoms with Crippen LogP contribution in [0.5, 0.6) is 0 Å². The molecule has 0 aliphatic rings. The summed E-state index contributed by atoms with van der Waals surface area (Å²) in [5.41, 5.74) is 5.17. The molecule has 0 saturated heterocycles. The van der Waals surface area contributed by atoms with Crippen molar-refractivity contribution in [2.45, 2.75) is 6.10 Å². The third kappa shape index (κ3) is 2.27. The predicted molar refractivity (Wildman–Crippen MR) is 52.7 cm³/mol. The summed E-state index contributed by atoms with van der Waals surface area (Å²) in [6, 6.07) is 5.20. The lowest BCUT2D eigenvalue weighted by molar-refractivity contribution is -0.125. The van der Waals surface area contributed by atoms with Gasteiger partial charge in [0.2, 0.25) is 0 Å². The number of carbonyl (C=O) groups is 1. The molecular weight excluding hydrogens is 182 g/mol. The van der Waals surface area contributed by atoms with Gasteiger partial charge in [-0.2, -0.15) is 0 Å². The minimum Gasteiger partial charge on any atom is -0.382 e. The van der Waals surface area contributed by atoms with Crippen molar-refractivity contribution in [3.63, 3.8) is 0 Å². The Kier molecular flexibility index (Phi) is 3.55. The number of anilines is 1. The normalized spacial score (nSPS) is 12.2. The number of aliphatic hydroxyl groups is 1. The molecule has 3 N–H and O–H groups in total. The van der Waals surface area contributed by atoms with E-state index in [1.807, 2.05) is 0 Å². The molecule has 0 fully saturated rings. The van der Waals surface area contributed by atoms with Crippen LogP contribution in [0.3, 0.4) is 0 Å². The van der Waals surface area contributed by atoms with Gasteiger partial charge < -0.3 is 10.8 Å². The molecule has 1 rings (SSSR count). The number of hydrogen-bond donors (Lipinski definition) is 2. The predicted octanol–water partition coefficient (Wildman–Crippen LogP) is -0.636. The highest BCUT2D eigenvalue weighted by molar-refractivity contribution is 5.95. The van der Waals surface area contributed by atoms with Gasteiger partial charge in [0.25, 0.3) is 5.91 Å². The second-order valence-corrected chi connectivity index (χ2v) is 2.84.